The van der Waals surface area contributed by atoms with E-state index < -0.39 is 42.3 Å². The van der Waals surface area contributed by atoms with Gasteiger partial charge in [0.2, 0.25) is 0 Å². The number of halogens is 2. The highest BCUT2D eigenvalue weighted by molar-refractivity contribution is 7.90. The number of hydrogen-bond acceptors (Lipinski definition) is 7. The zero-order chi connectivity index (χ0) is 19.1. The van der Waals surface area contributed by atoms with Crippen LogP contribution in [0.5, 0.6) is 0 Å². The second kappa shape index (κ2) is 6.31. The smallest absolute Gasteiger partial charge is 0.288 e. The Kier molecular flexibility index (Phi) is 4.29. The Hall–Kier alpha value is -3.12. The summed E-state index contributed by atoms with van der Waals surface area (Å²) in [6.45, 7) is 0. The minimum atomic E-state index is -4.67. The SMILES string of the molecule is O=C(NS(=O)(=O)c1cc(Cl)c([N+](=O)[O-])cc1F)c1ccc2nncn2c1. The monoisotopic (exact) mass is 399 g/mol. The number of hydrogen-bond donors (Lipinski definition) is 1. The molecule has 3 rings (SSSR count). The van der Waals surface area contributed by atoms with Crippen molar-refractivity contribution in [1.29, 1.82) is 0 Å². The molecule has 134 valence electrons. The zero-order valence-electron chi connectivity index (χ0n) is 12.5. The minimum absolute atomic E-state index is 0.0608. The lowest BCUT2D eigenvalue weighted by atomic mass is 10.3. The van der Waals surface area contributed by atoms with Crippen molar-refractivity contribution in [2.75, 3.05) is 0 Å². The largest absolute Gasteiger partial charge is 0.290 e. The number of nitrogens with zero attached hydrogens (tertiary/aromatic N) is 4. The molecule has 0 aliphatic heterocycles. The van der Waals surface area contributed by atoms with E-state index in [1.165, 1.54) is 29.1 Å². The van der Waals surface area contributed by atoms with Crippen LogP contribution in [0.15, 0.2) is 41.7 Å². The normalized spacial score (nSPS) is 11.5. The number of amides is 1. The Bertz CT molecular complexity index is 1160. The first kappa shape index (κ1) is 17.7. The number of aromatic nitrogens is 3. The van der Waals surface area contributed by atoms with Crippen LogP contribution in [0.3, 0.4) is 0 Å². The van der Waals surface area contributed by atoms with Gasteiger partial charge in [-0.05, 0) is 18.2 Å². The van der Waals surface area contributed by atoms with E-state index >= 15 is 0 Å². The highest BCUT2D eigenvalue weighted by Crippen LogP contribution is 2.29. The van der Waals surface area contributed by atoms with E-state index in [2.05, 4.69) is 10.2 Å². The van der Waals surface area contributed by atoms with Crippen LogP contribution in [0, 0.1) is 15.9 Å². The predicted octanol–water partition coefficient (Wildman–Crippen LogP) is 1.55. The molecule has 0 aliphatic carbocycles. The van der Waals surface area contributed by atoms with E-state index in [0.29, 0.717) is 17.8 Å². The molecule has 1 aromatic carbocycles. The summed E-state index contributed by atoms with van der Waals surface area (Å²) >= 11 is 5.61. The molecule has 2 heterocycles. The van der Waals surface area contributed by atoms with Crippen molar-refractivity contribution in [3.05, 3.63) is 63.3 Å². The molecule has 0 saturated heterocycles. The summed E-state index contributed by atoms with van der Waals surface area (Å²) in [6.07, 6.45) is 2.58. The summed E-state index contributed by atoms with van der Waals surface area (Å²) in [6, 6.07) is 3.66. The number of carbonyl (C=O) groups is 1. The lowest BCUT2D eigenvalue weighted by molar-refractivity contribution is -0.384. The molecule has 0 aliphatic rings. The highest BCUT2D eigenvalue weighted by atomic mass is 35.5. The zero-order valence-corrected chi connectivity index (χ0v) is 14.0. The number of benzene rings is 1. The van der Waals surface area contributed by atoms with Crippen LogP contribution in [0.1, 0.15) is 10.4 Å². The van der Waals surface area contributed by atoms with Gasteiger partial charge in [0.05, 0.1) is 16.6 Å². The standard InChI is InChI=1S/C13H7ClFN5O5S/c14-8-3-11(9(15)4-10(8)20(22)23)26(24,25)18-13(21)7-1-2-12-17-16-6-19(12)5-7/h1-6H,(H,18,21). The Morgan fingerprint density at radius 3 is 2.77 bits per heavy atom. The van der Waals surface area contributed by atoms with E-state index in [0.717, 1.165) is 0 Å². The number of rotatable bonds is 4. The fraction of sp³-hybridized carbons (Fsp3) is 0. The number of fused-ring (bicyclic) bond motifs is 1. The summed E-state index contributed by atoms with van der Waals surface area (Å²) < 4.78 is 41.5. The Morgan fingerprint density at radius 1 is 1.35 bits per heavy atom. The van der Waals surface area contributed by atoms with Gasteiger partial charge in [-0.25, -0.2) is 17.5 Å². The molecule has 10 nitrogen and oxygen atoms in total. The van der Waals surface area contributed by atoms with Gasteiger partial charge in [-0.3, -0.25) is 19.3 Å². The first-order valence-corrected chi connectivity index (χ1v) is 8.55. The first-order chi connectivity index (χ1) is 12.2. The third kappa shape index (κ3) is 3.19. The van der Waals surface area contributed by atoms with Crippen LogP contribution in [-0.2, 0) is 10.0 Å². The molecule has 0 fully saturated rings. The summed E-state index contributed by atoms with van der Waals surface area (Å²) in [5.74, 6) is -2.47. The van der Waals surface area contributed by atoms with Gasteiger partial charge in [0, 0.05) is 6.20 Å². The summed E-state index contributed by atoms with van der Waals surface area (Å²) in [4.78, 5) is 20.9. The maximum absolute atomic E-state index is 14.0. The van der Waals surface area contributed by atoms with Crippen molar-refractivity contribution in [3.63, 3.8) is 0 Å². The average Bonchev–Trinajstić information content (AvgIpc) is 3.03. The topological polar surface area (TPSA) is 137 Å². The quantitative estimate of drug-likeness (QED) is 0.519. The van der Waals surface area contributed by atoms with E-state index in [4.69, 9.17) is 11.6 Å². The van der Waals surface area contributed by atoms with Crippen molar-refractivity contribution in [3.8, 4) is 0 Å². The van der Waals surface area contributed by atoms with Gasteiger partial charge in [-0.1, -0.05) is 11.6 Å². The molecule has 13 heteroatoms. The minimum Gasteiger partial charge on any atom is -0.288 e. The van der Waals surface area contributed by atoms with E-state index in [9.17, 15) is 27.7 Å². The van der Waals surface area contributed by atoms with Crippen LogP contribution < -0.4 is 4.72 Å². The Morgan fingerprint density at radius 2 is 2.08 bits per heavy atom. The molecule has 0 radical (unpaired) electrons. The number of sulfonamides is 1. The summed E-state index contributed by atoms with van der Waals surface area (Å²) in [5.41, 5.74) is -0.431. The fourth-order valence-electron chi connectivity index (χ4n) is 2.06. The molecule has 0 unspecified atom stereocenters. The van der Waals surface area contributed by atoms with Gasteiger partial charge in [-0.15, -0.1) is 10.2 Å². The lowest BCUT2D eigenvalue weighted by Gasteiger charge is -2.09. The van der Waals surface area contributed by atoms with Crippen LogP contribution in [0.4, 0.5) is 10.1 Å². The van der Waals surface area contributed by atoms with Gasteiger partial charge < -0.3 is 0 Å². The van der Waals surface area contributed by atoms with Gasteiger partial charge >= 0.3 is 0 Å². The number of carbonyl (C=O) groups excluding carboxylic acids is 1. The van der Waals surface area contributed by atoms with Gasteiger partial charge in [0.1, 0.15) is 16.2 Å². The van der Waals surface area contributed by atoms with Crippen molar-refractivity contribution >= 4 is 38.9 Å². The second-order valence-corrected chi connectivity index (χ2v) is 7.00. The van der Waals surface area contributed by atoms with E-state index in [1.807, 2.05) is 0 Å². The number of nitro benzene ring substituents is 1. The summed E-state index contributed by atoms with van der Waals surface area (Å²) in [7, 11) is -4.67. The molecule has 26 heavy (non-hydrogen) atoms. The Labute approximate surface area is 149 Å². The van der Waals surface area contributed by atoms with Gasteiger partial charge in [-0.2, -0.15) is 0 Å². The highest BCUT2D eigenvalue weighted by Gasteiger charge is 2.27. The first-order valence-electron chi connectivity index (χ1n) is 6.69. The molecule has 1 amide bonds. The third-order valence-electron chi connectivity index (χ3n) is 3.27. The predicted molar refractivity (Wildman–Crippen MR) is 85.7 cm³/mol. The maximum atomic E-state index is 14.0. The molecule has 0 spiro atoms. The van der Waals surface area contributed by atoms with Crippen molar-refractivity contribution < 1.29 is 22.5 Å². The number of pyridine rings is 1. The molecule has 1 N–H and O–H groups in total. The summed E-state index contributed by atoms with van der Waals surface area (Å²) in [5, 5.41) is 17.5. The molecule has 0 saturated carbocycles. The molecule has 0 atom stereocenters. The van der Waals surface area contributed by atoms with Crippen LogP contribution >= 0.6 is 11.6 Å². The van der Waals surface area contributed by atoms with Crippen LogP contribution in [0.25, 0.3) is 5.65 Å². The second-order valence-electron chi connectivity index (χ2n) is 4.94. The third-order valence-corrected chi connectivity index (χ3v) is 4.92. The van der Waals surface area contributed by atoms with Crippen molar-refractivity contribution in [2.24, 2.45) is 0 Å². The van der Waals surface area contributed by atoms with E-state index in [-0.39, 0.29) is 5.56 Å². The fourth-order valence-corrected chi connectivity index (χ4v) is 3.42. The van der Waals surface area contributed by atoms with Crippen LogP contribution in [-0.4, -0.2) is 33.8 Å². The lowest BCUT2D eigenvalue weighted by Crippen LogP contribution is -2.31. The molecular formula is C13H7ClFN5O5S. The van der Waals surface area contributed by atoms with Gasteiger partial charge in [0.15, 0.2) is 11.5 Å². The van der Waals surface area contributed by atoms with Crippen LogP contribution in [0.2, 0.25) is 5.02 Å². The molecule has 2 aromatic heterocycles. The van der Waals surface area contributed by atoms with Crippen molar-refractivity contribution in [1.82, 2.24) is 19.3 Å². The number of nitro groups is 1. The molecular weight excluding hydrogens is 393 g/mol. The molecule has 0 bridgehead atoms. The molecule has 3 aromatic rings. The average molecular weight is 400 g/mol. The maximum Gasteiger partial charge on any atom is 0.290 e. The number of nitrogens with one attached hydrogen (secondary N) is 1. The Balaban J connectivity index is 1.94. The van der Waals surface area contributed by atoms with Crippen molar-refractivity contribution in [2.45, 2.75) is 4.90 Å². The van der Waals surface area contributed by atoms with Gasteiger partial charge in [0.25, 0.3) is 21.6 Å². The van der Waals surface area contributed by atoms with E-state index in [1.54, 1.807) is 4.72 Å².